The van der Waals surface area contributed by atoms with Crippen LogP contribution in [0.25, 0.3) is 0 Å². The van der Waals surface area contributed by atoms with Gasteiger partial charge < -0.3 is 10.3 Å². The maximum atomic E-state index is 4.93. The first-order chi connectivity index (χ1) is 11.7. The number of hydrogen-bond acceptors (Lipinski definition) is 2. The molecule has 3 nitrogen and oxygen atoms in total. The fourth-order valence-corrected chi connectivity index (χ4v) is 4.40. The maximum absolute atomic E-state index is 4.93. The van der Waals surface area contributed by atoms with E-state index in [1.807, 2.05) is 0 Å². The lowest BCUT2D eigenvalue weighted by Crippen LogP contribution is -2.63. The molecule has 3 heterocycles. The summed E-state index contributed by atoms with van der Waals surface area (Å²) in [6.07, 6.45) is 15.0. The van der Waals surface area contributed by atoms with Crippen molar-refractivity contribution < 1.29 is 0 Å². The molecule has 0 aromatic carbocycles. The number of allylic oxidation sites excluding steroid dienone is 2. The van der Waals surface area contributed by atoms with Crippen molar-refractivity contribution in [3.8, 4) is 0 Å². The minimum Gasteiger partial charge on any atom is -0.364 e. The van der Waals surface area contributed by atoms with Gasteiger partial charge in [0.05, 0.1) is 5.71 Å². The van der Waals surface area contributed by atoms with E-state index >= 15 is 0 Å². The van der Waals surface area contributed by atoms with Crippen LogP contribution in [0.5, 0.6) is 0 Å². The lowest BCUT2D eigenvalue weighted by molar-refractivity contribution is 0.101. The molecule has 1 fully saturated rings. The number of rotatable bonds is 1. The lowest BCUT2D eigenvalue weighted by atomic mass is 9.70. The fourth-order valence-electron chi connectivity index (χ4n) is 4.40. The van der Waals surface area contributed by atoms with E-state index in [1.165, 1.54) is 53.9 Å². The number of hydrogen-bond donors (Lipinski definition) is 2. The highest BCUT2D eigenvalue weighted by atomic mass is 15.1. The highest BCUT2D eigenvalue weighted by molar-refractivity contribution is 6.13. The number of aliphatic imine (C=N–C) groups is 1. The molecule has 0 saturated carbocycles. The van der Waals surface area contributed by atoms with Crippen LogP contribution >= 0.6 is 0 Å². The molecule has 2 atom stereocenters. The zero-order valence-electron chi connectivity index (χ0n) is 15.0. The number of aryl methyl sites for hydroxylation is 1. The van der Waals surface area contributed by atoms with Crippen LogP contribution in [-0.2, 0) is 6.42 Å². The molecule has 24 heavy (non-hydrogen) atoms. The van der Waals surface area contributed by atoms with Crippen molar-refractivity contribution in [1.29, 1.82) is 0 Å². The quantitative estimate of drug-likeness (QED) is 0.783. The molecule has 1 aliphatic carbocycles. The van der Waals surface area contributed by atoms with Crippen LogP contribution in [-0.4, -0.2) is 22.8 Å². The van der Waals surface area contributed by atoms with Crippen LogP contribution in [0, 0.1) is 5.92 Å². The van der Waals surface area contributed by atoms with Gasteiger partial charge in [-0.05, 0) is 63.0 Å². The number of aromatic nitrogens is 1. The fraction of sp³-hybridized carbons (Fsp3) is 0.571. The summed E-state index contributed by atoms with van der Waals surface area (Å²) < 4.78 is 0. The molecule has 2 N–H and O–H groups in total. The third kappa shape index (κ3) is 2.79. The largest absolute Gasteiger partial charge is 0.364 e. The van der Waals surface area contributed by atoms with Gasteiger partial charge in [0.2, 0.25) is 0 Å². The third-order valence-electron chi connectivity index (χ3n) is 6.31. The van der Waals surface area contributed by atoms with Crippen molar-refractivity contribution in [2.24, 2.45) is 10.9 Å². The Bertz CT molecular complexity index is 706. The Morgan fingerprint density at radius 2 is 2.12 bits per heavy atom. The van der Waals surface area contributed by atoms with Crippen molar-refractivity contribution in [2.45, 2.75) is 64.3 Å². The van der Waals surface area contributed by atoms with E-state index in [-0.39, 0.29) is 0 Å². The van der Waals surface area contributed by atoms with Gasteiger partial charge in [-0.1, -0.05) is 25.0 Å². The number of nitrogens with zero attached hydrogens (tertiary/aromatic N) is 1. The smallest absolute Gasteiger partial charge is 0.0748 e. The summed E-state index contributed by atoms with van der Waals surface area (Å²) in [5.41, 5.74) is 7.02. The van der Waals surface area contributed by atoms with Gasteiger partial charge in [0.25, 0.3) is 0 Å². The minimum absolute atomic E-state index is 0.348. The highest BCUT2D eigenvalue weighted by Gasteiger charge is 2.42. The molecule has 2 aliphatic heterocycles. The summed E-state index contributed by atoms with van der Waals surface area (Å²) in [5.74, 6) is 0.789. The monoisotopic (exact) mass is 323 g/mol. The van der Waals surface area contributed by atoms with Gasteiger partial charge >= 0.3 is 0 Å². The van der Waals surface area contributed by atoms with Gasteiger partial charge in [0, 0.05) is 35.7 Å². The zero-order chi connectivity index (χ0) is 16.6. The van der Waals surface area contributed by atoms with E-state index in [4.69, 9.17) is 4.99 Å². The molecule has 0 radical (unpaired) electrons. The summed E-state index contributed by atoms with van der Waals surface area (Å²) in [4.78, 5) is 8.37. The number of nitrogens with one attached hydrogen (secondary N) is 2. The van der Waals surface area contributed by atoms with Crippen LogP contribution in [0.15, 0.2) is 40.7 Å². The Hall–Kier alpha value is -1.61. The number of H-pyrrole nitrogens is 1. The van der Waals surface area contributed by atoms with Crippen molar-refractivity contribution in [2.75, 3.05) is 6.54 Å². The summed E-state index contributed by atoms with van der Waals surface area (Å²) >= 11 is 0. The van der Waals surface area contributed by atoms with Gasteiger partial charge in [-0.15, -0.1) is 0 Å². The predicted molar refractivity (Wildman–Crippen MR) is 100 cm³/mol. The van der Waals surface area contributed by atoms with Crippen molar-refractivity contribution in [3.63, 3.8) is 0 Å². The van der Waals surface area contributed by atoms with Gasteiger partial charge in [-0.2, -0.15) is 0 Å². The Balaban J connectivity index is 1.70. The number of aromatic amines is 1. The molecule has 3 heteroatoms. The molecular formula is C21H29N3. The third-order valence-corrected chi connectivity index (χ3v) is 6.31. The molecule has 0 amide bonds. The normalized spacial score (nSPS) is 30.8. The minimum atomic E-state index is 0.348. The predicted octanol–water partition coefficient (Wildman–Crippen LogP) is 4.52. The second kappa shape index (κ2) is 6.36. The molecule has 1 saturated heterocycles. The average Bonchev–Trinajstić information content (AvgIpc) is 3.00. The second-order valence-electron chi connectivity index (χ2n) is 7.90. The standard InChI is InChI=1S/C21H29N3/c1-15-6-7-19-18(9-12-22-19)20(23-13-15)17-5-3-4-10-21(11-8-17)16(2)14-24-21/h8-9,12-13,16,22,24H,3-7,10-11,14H2,1-2H3. The molecule has 1 aromatic heterocycles. The lowest BCUT2D eigenvalue weighted by Gasteiger charge is -2.50. The maximum Gasteiger partial charge on any atom is 0.0748 e. The van der Waals surface area contributed by atoms with Gasteiger partial charge in [-0.3, -0.25) is 4.99 Å². The molecule has 3 aliphatic rings. The van der Waals surface area contributed by atoms with Crippen molar-refractivity contribution in [3.05, 3.63) is 46.9 Å². The molecule has 2 unspecified atom stereocenters. The van der Waals surface area contributed by atoms with Crippen LogP contribution in [0.4, 0.5) is 0 Å². The van der Waals surface area contributed by atoms with Gasteiger partial charge in [-0.25, -0.2) is 0 Å². The van der Waals surface area contributed by atoms with E-state index in [2.05, 4.69) is 48.7 Å². The summed E-state index contributed by atoms with van der Waals surface area (Å²) in [6.45, 7) is 5.76. The van der Waals surface area contributed by atoms with Gasteiger partial charge in [0.15, 0.2) is 0 Å². The zero-order valence-corrected chi connectivity index (χ0v) is 15.0. The summed E-state index contributed by atoms with van der Waals surface area (Å²) in [6, 6.07) is 2.21. The van der Waals surface area contributed by atoms with Crippen LogP contribution < -0.4 is 5.32 Å². The first kappa shape index (κ1) is 15.9. The summed E-state index contributed by atoms with van der Waals surface area (Å²) in [5, 5.41) is 3.74. The van der Waals surface area contributed by atoms with E-state index in [0.29, 0.717) is 5.54 Å². The SMILES string of the molecule is CC1=CN=C(C2=CCC3(CCCC2)NCC3C)c2cc[nH]c2CC1. The van der Waals surface area contributed by atoms with Crippen LogP contribution in [0.2, 0.25) is 0 Å². The molecule has 4 rings (SSSR count). The Labute approximate surface area is 145 Å². The van der Waals surface area contributed by atoms with Crippen LogP contribution in [0.3, 0.4) is 0 Å². The first-order valence-electron chi connectivity index (χ1n) is 9.52. The van der Waals surface area contributed by atoms with Crippen LogP contribution in [0.1, 0.15) is 63.6 Å². The second-order valence-corrected chi connectivity index (χ2v) is 7.90. The molecule has 1 spiro atoms. The average molecular weight is 323 g/mol. The first-order valence-corrected chi connectivity index (χ1v) is 9.52. The van der Waals surface area contributed by atoms with Crippen molar-refractivity contribution >= 4 is 5.71 Å². The Morgan fingerprint density at radius 1 is 1.21 bits per heavy atom. The number of fused-ring (bicyclic) bond motifs is 1. The van der Waals surface area contributed by atoms with E-state index in [0.717, 1.165) is 31.6 Å². The molecule has 0 bridgehead atoms. The topological polar surface area (TPSA) is 40.2 Å². The summed E-state index contributed by atoms with van der Waals surface area (Å²) in [7, 11) is 0. The van der Waals surface area contributed by atoms with E-state index in [1.54, 1.807) is 0 Å². The highest BCUT2D eigenvalue weighted by Crippen LogP contribution is 2.38. The Kier molecular flexibility index (Phi) is 4.21. The molecular weight excluding hydrogens is 294 g/mol. The van der Waals surface area contributed by atoms with Gasteiger partial charge in [0.1, 0.15) is 0 Å². The Morgan fingerprint density at radius 3 is 2.92 bits per heavy atom. The van der Waals surface area contributed by atoms with E-state index in [9.17, 15) is 0 Å². The van der Waals surface area contributed by atoms with Crippen molar-refractivity contribution in [1.82, 2.24) is 10.3 Å². The molecule has 128 valence electrons. The van der Waals surface area contributed by atoms with E-state index < -0.39 is 0 Å². The molecule has 1 aromatic rings.